The second-order valence-electron chi connectivity index (χ2n) is 20.8. The maximum Gasteiger partial charge on any atom is 0.146 e. The fourth-order valence-corrected chi connectivity index (χ4v) is 12.5. The van der Waals surface area contributed by atoms with E-state index in [0.29, 0.717) is 68.5 Å². The maximum absolute atomic E-state index is 7.99. The first kappa shape index (κ1) is 50.9. The van der Waals surface area contributed by atoms with Crippen LogP contribution in [0, 0.1) is 20.8 Å². The quantitative estimate of drug-likeness (QED) is 0.119. The van der Waals surface area contributed by atoms with E-state index in [4.69, 9.17) is 41.7 Å². The van der Waals surface area contributed by atoms with Gasteiger partial charge in [-0.3, -0.25) is 0 Å². The van der Waals surface area contributed by atoms with E-state index in [1.807, 2.05) is 36.4 Å². The molecular weight excluding hydrogens is 1010 g/mol. The summed E-state index contributed by atoms with van der Waals surface area (Å²) in [5.41, 5.74) is 15.2. The second kappa shape index (κ2) is 20.6. The Hall–Kier alpha value is -9.60. The van der Waals surface area contributed by atoms with Crippen molar-refractivity contribution < 1.29 is 41.7 Å². The van der Waals surface area contributed by atoms with Crippen molar-refractivity contribution in [1.82, 2.24) is 0 Å². The van der Waals surface area contributed by atoms with Gasteiger partial charge in [-0.05, 0) is 54.2 Å². The molecule has 3 unspecified atom stereocenters. The Balaban J connectivity index is 1.37. The van der Waals surface area contributed by atoms with E-state index in [1.54, 1.807) is 42.7 Å². The average Bonchev–Trinajstić information content (AvgIpc) is 4.40. The number of hydrogen-bond acceptors (Lipinski definition) is 9. The summed E-state index contributed by atoms with van der Waals surface area (Å²) >= 11 is 0. The Morgan fingerprint density at radius 1 is 0.284 bits per heavy atom. The van der Waals surface area contributed by atoms with Crippen LogP contribution in [0.15, 0.2) is 195 Å². The third kappa shape index (κ3) is 8.20. The van der Waals surface area contributed by atoms with Gasteiger partial charge in [0.1, 0.15) is 74.4 Å². The summed E-state index contributed by atoms with van der Waals surface area (Å²) in [5, 5.41) is 2.25. The summed E-state index contributed by atoms with van der Waals surface area (Å²) in [6, 6.07) is 63.0. The van der Waals surface area contributed by atoms with Crippen LogP contribution in [0.25, 0.3) is 66.3 Å². The molecule has 0 N–H and O–H groups in total. The predicted octanol–water partition coefficient (Wildman–Crippen LogP) is 17.8. The molecule has 9 heteroatoms. The fourth-order valence-electron chi connectivity index (χ4n) is 12.5. The van der Waals surface area contributed by atoms with Gasteiger partial charge in [0.15, 0.2) is 0 Å². The molecule has 0 fully saturated rings. The van der Waals surface area contributed by atoms with Crippen molar-refractivity contribution in [1.29, 1.82) is 0 Å². The number of hydrogen-bond donors (Lipinski definition) is 0. The molecule has 0 spiro atoms. The van der Waals surface area contributed by atoms with Gasteiger partial charge in [-0.2, -0.15) is 0 Å². The van der Waals surface area contributed by atoms with Crippen molar-refractivity contribution in [2.45, 2.75) is 38.5 Å². The van der Waals surface area contributed by atoms with Gasteiger partial charge in [-0.15, -0.1) is 0 Å². The van der Waals surface area contributed by atoms with Crippen LogP contribution in [0.4, 0.5) is 0 Å². The summed E-state index contributed by atoms with van der Waals surface area (Å²) in [6.45, 7) is 6.30. The number of aryl methyl sites for hydroxylation is 3. The maximum atomic E-state index is 7.99. The lowest BCUT2D eigenvalue weighted by Crippen LogP contribution is -2.09. The van der Waals surface area contributed by atoms with Gasteiger partial charge in [0, 0.05) is 51.9 Å². The molecule has 1 aliphatic rings. The number of benzene rings is 9. The summed E-state index contributed by atoms with van der Waals surface area (Å²) in [7, 11) is 10.2. The molecule has 9 aromatic carbocycles. The fraction of sp³-hybridized carbons (Fsp3) is 0.167. The van der Waals surface area contributed by atoms with E-state index in [-0.39, 0.29) is 0 Å². The normalized spacial score (nSPS) is 14.9. The lowest BCUT2D eigenvalue weighted by Gasteiger charge is -2.25. The second-order valence-corrected chi connectivity index (χ2v) is 20.8. The molecule has 1 aliphatic carbocycles. The minimum absolute atomic E-state index is 0.534. The van der Waals surface area contributed by atoms with Crippen LogP contribution < -0.4 is 28.4 Å². The van der Waals surface area contributed by atoms with Crippen LogP contribution in [-0.4, -0.2) is 42.7 Å². The SMILES string of the molecule is COc1cc(OC)c2c(-c3ccccc3)c3oc2c1C(c1ccc(C)cc1)c1oc2c(c(OC)cc(OC)c2c1-c1ccccc1)C(c1ccc(C)cc1)c1c(OC)cc(OC)c2c(-c4ccccc4)c(oc12)C3c1ccc(C)cc1. The number of rotatable bonds is 12. The molecule has 3 atom stereocenters. The van der Waals surface area contributed by atoms with E-state index in [1.165, 1.54) is 0 Å². The number of methoxy groups -OCH3 is 6. The van der Waals surface area contributed by atoms with Crippen molar-refractivity contribution in [3.63, 3.8) is 0 Å². The van der Waals surface area contributed by atoms with Gasteiger partial charge in [0.2, 0.25) is 0 Å². The molecule has 0 aliphatic heterocycles. The zero-order chi connectivity index (χ0) is 55.6. The van der Waals surface area contributed by atoms with Crippen molar-refractivity contribution in [3.05, 3.63) is 249 Å². The van der Waals surface area contributed by atoms with Crippen LogP contribution in [0.1, 0.15) is 85.1 Å². The zero-order valence-electron chi connectivity index (χ0n) is 46.7. The van der Waals surface area contributed by atoms with Gasteiger partial charge >= 0.3 is 0 Å². The Bertz CT molecular complexity index is 4300. The van der Waals surface area contributed by atoms with Crippen molar-refractivity contribution >= 4 is 32.9 Å². The zero-order valence-corrected chi connectivity index (χ0v) is 46.7. The van der Waals surface area contributed by atoms with Crippen LogP contribution >= 0.6 is 0 Å². The highest BCUT2D eigenvalue weighted by Crippen LogP contribution is 2.60. The molecule has 9 nitrogen and oxygen atoms in total. The van der Waals surface area contributed by atoms with Gasteiger partial charge in [-0.1, -0.05) is 180 Å². The molecule has 3 aromatic heterocycles. The Morgan fingerprint density at radius 2 is 0.543 bits per heavy atom. The summed E-state index contributed by atoms with van der Waals surface area (Å²) < 4.78 is 63.5. The molecule has 13 rings (SSSR count). The molecule has 3 heterocycles. The highest BCUT2D eigenvalue weighted by atomic mass is 16.5. The predicted molar refractivity (Wildman–Crippen MR) is 321 cm³/mol. The average molecular weight is 1070 g/mol. The molecule has 12 bridgehead atoms. The van der Waals surface area contributed by atoms with Crippen LogP contribution in [0.5, 0.6) is 34.5 Å². The number of fused-ring (bicyclic) bond motifs is 3. The Labute approximate surface area is 470 Å². The lowest BCUT2D eigenvalue weighted by atomic mass is 9.80. The Morgan fingerprint density at radius 3 is 0.840 bits per heavy atom. The molecule has 81 heavy (non-hydrogen) atoms. The van der Waals surface area contributed by atoms with E-state index in [2.05, 4.69) is 166 Å². The largest absolute Gasteiger partial charge is 0.496 e. The lowest BCUT2D eigenvalue weighted by molar-refractivity contribution is 0.387. The number of ether oxygens (including phenoxy) is 6. The molecule has 12 aromatic rings. The van der Waals surface area contributed by atoms with E-state index in [0.717, 1.165) is 99.6 Å². The minimum atomic E-state index is -0.708. The molecule has 0 saturated heterocycles. The molecule has 0 saturated carbocycles. The summed E-state index contributed by atoms with van der Waals surface area (Å²) in [6.07, 6.45) is 0. The third-order valence-electron chi connectivity index (χ3n) is 16.3. The van der Waals surface area contributed by atoms with Crippen molar-refractivity contribution in [2.75, 3.05) is 42.7 Å². The van der Waals surface area contributed by atoms with Crippen LogP contribution in [0.2, 0.25) is 0 Å². The van der Waals surface area contributed by atoms with Gasteiger partial charge < -0.3 is 41.7 Å². The standard InChI is InChI=1S/C72H60O9/c1-40-25-31-46(32-26-40)55-61-49(73-4)37-51(75-6)63-56(43-19-13-10-14-20-43)67(79-70(61)63)59(47-33-27-41(2)28-34-47)66-54(78-9)39-53(77-8)65-58(45-23-17-12-18-24-45)69(81-72(65)66)60(48-35-29-42(3)30-36-48)68-57(44-21-15-11-16-22-44)64-52(76-7)38-50(74-5)62(55)71(64)80-68/h10-39,55,59-60H,1-9H3. The number of furan rings is 3. The first-order valence-corrected chi connectivity index (χ1v) is 27.2. The Kier molecular flexibility index (Phi) is 12.9. The molecule has 402 valence electrons. The molecule has 0 amide bonds. The van der Waals surface area contributed by atoms with Gasteiger partial charge in [0.05, 0.1) is 70.3 Å². The monoisotopic (exact) mass is 1070 g/mol. The van der Waals surface area contributed by atoms with Crippen molar-refractivity contribution in [3.8, 4) is 67.9 Å². The van der Waals surface area contributed by atoms with Crippen LogP contribution in [-0.2, 0) is 0 Å². The smallest absolute Gasteiger partial charge is 0.146 e. The van der Waals surface area contributed by atoms with Gasteiger partial charge in [-0.25, -0.2) is 0 Å². The van der Waals surface area contributed by atoms with Gasteiger partial charge in [0.25, 0.3) is 0 Å². The van der Waals surface area contributed by atoms with E-state index >= 15 is 0 Å². The highest BCUT2D eigenvalue weighted by molar-refractivity contribution is 6.09. The van der Waals surface area contributed by atoms with Crippen LogP contribution in [0.3, 0.4) is 0 Å². The summed E-state index contributed by atoms with van der Waals surface area (Å²) in [4.78, 5) is 0. The first-order chi connectivity index (χ1) is 39.7. The minimum Gasteiger partial charge on any atom is -0.496 e. The topological polar surface area (TPSA) is 94.8 Å². The van der Waals surface area contributed by atoms with Crippen molar-refractivity contribution in [2.24, 2.45) is 0 Å². The molecular formula is C72H60O9. The summed E-state index contributed by atoms with van der Waals surface area (Å²) in [5.74, 6) is 3.09. The van der Waals surface area contributed by atoms with E-state index in [9.17, 15) is 0 Å². The highest BCUT2D eigenvalue weighted by Gasteiger charge is 2.43. The third-order valence-corrected chi connectivity index (χ3v) is 16.3. The first-order valence-electron chi connectivity index (χ1n) is 27.2. The van der Waals surface area contributed by atoms with E-state index < -0.39 is 17.8 Å². The molecule has 0 radical (unpaired) electrons.